The van der Waals surface area contributed by atoms with Crippen molar-refractivity contribution < 1.29 is 4.74 Å². The fraction of sp³-hybridized carbons (Fsp3) is 0.643. The summed E-state index contributed by atoms with van der Waals surface area (Å²) in [5, 5.41) is 0. The number of piperidine rings is 1. The van der Waals surface area contributed by atoms with Gasteiger partial charge in [-0.25, -0.2) is 4.98 Å². The van der Waals surface area contributed by atoms with E-state index >= 15 is 0 Å². The lowest BCUT2D eigenvalue weighted by atomic mass is 9.92. The van der Waals surface area contributed by atoms with Gasteiger partial charge in [0.25, 0.3) is 0 Å². The van der Waals surface area contributed by atoms with Gasteiger partial charge in [-0.2, -0.15) is 0 Å². The maximum absolute atomic E-state index is 5.88. The van der Waals surface area contributed by atoms with Crippen LogP contribution in [0.4, 0.5) is 0 Å². The number of methoxy groups -OCH3 is 1. The number of ether oxygens (including phenoxy) is 1. The largest absolute Gasteiger partial charge is 0.481 e. The number of aromatic nitrogens is 1. The van der Waals surface area contributed by atoms with Gasteiger partial charge in [0.2, 0.25) is 5.88 Å². The number of likely N-dealkylation sites (tertiary alicyclic amines) is 1. The van der Waals surface area contributed by atoms with Crippen LogP contribution in [0.5, 0.6) is 5.88 Å². The van der Waals surface area contributed by atoms with E-state index in [9.17, 15) is 0 Å². The highest BCUT2D eigenvalue weighted by molar-refractivity contribution is 5.17. The minimum atomic E-state index is 0.510. The molecule has 1 aliphatic rings. The van der Waals surface area contributed by atoms with Crippen LogP contribution in [-0.2, 0) is 6.54 Å². The summed E-state index contributed by atoms with van der Waals surface area (Å²) in [6.45, 7) is 5.13. The Hall–Kier alpha value is -1.13. The summed E-state index contributed by atoms with van der Waals surface area (Å²) >= 11 is 0. The number of pyridine rings is 1. The van der Waals surface area contributed by atoms with Gasteiger partial charge in [-0.15, -0.1) is 0 Å². The average molecular weight is 249 g/mol. The normalized spacial score (nSPS) is 25.1. The molecule has 0 amide bonds. The highest BCUT2D eigenvalue weighted by Gasteiger charge is 2.25. The second-order valence-corrected chi connectivity index (χ2v) is 5.20. The highest BCUT2D eigenvalue weighted by Crippen LogP contribution is 2.23. The molecule has 2 N–H and O–H groups in total. The zero-order chi connectivity index (χ0) is 13.0. The Kier molecular flexibility index (Phi) is 4.55. The fourth-order valence-electron chi connectivity index (χ4n) is 2.61. The summed E-state index contributed by atoms with van der Waals surface area (Å²) in [4.78, 5) is 6.72. The predicted octanol–water partition coefficient (Wildman–Crippen LogP) is 1.65. The van der Waals surface area contributed by atoms with E-state index in [2.05, 4.69) is 22.9 Å². The number of nitrogens with two attached hydrogens (primary N) is 1. The van der Waals surface area contributed by atoms with Crippen LogP contribution in [0.15, 0.2) is 18.3 Å². The highest BCUT2D eigenvalue weighted by atomic mass is 16.5. The second kappa shape index (κ2) is 6.16. The molecule has 0 saturated carbocycles. The van der Waals surface area contributed by atoms with Crippen molar-refractivity contribution in [3.8, 4) is 5.88 Å². The van der Waals surface area contributed by atoms with Gasteiger partial charge < -0.3 is 10.5 Å². The summed E-state index contributed by atoms with van der Waals surface area (Å²) in [7, 11) is 1.64. The lowest BCUT2D eigenvalue weighted by molar-refractivity contribution is 0.115. The topological polar surface area (TPSA) is 51.4 Å². The van der Waals surface area contributed by atoms with E-state index in [-0.39, 0.29) is 0 Å². The molecule has 1 saturated heterocycles. The lowest BCUT2D eigenvalue weighted by Crippen LogP contribution is -2.45. The zero-order valence-electron chi connectivity index (χ0n) is 11.3. The molecule has 1 fully saturated rings. The molecule has 4 heteroatoms. The lowest BCUT2D eigenvalue weighted by Gasteiger charge is -2.37. The molecule has 18 heavy (non-hydrogen) atoms. The molecule has 0 aliphatic carbocycles. The molecule has 0 spiro atoms. The van der Waals surface area contributed by atoms with Crippen molar-refractivity contribution in [2.24, 2.45) is 11.7 Å². The molecule has 1 aromatic rings. The van der Waals surface area contributed by atoms with E-state index in [0.29, 0.717) is 11.9 Å². The number of hydrogen-bond donors (Lipinski definition) is 1. The first-order valence-electron chi connectivity index (χ1n) is 6.66. The van der Waals surface area contributed by atoms with E-state index in [1.54, 1.807) is 7.11 Å². The van der Waals surface area contributed by atoms with Crippen molar-refractivity contribution in [2.45, 2.75) is 32.4 Å². The molecular formula is C14H23N3O. The van der Waals surface area contributed by atoms with Gasteiger partial charge >= 0.3 is 0 Å². The molecule has 1 aromatic heterocycles. The van der Waals surface area contributed by atoms with E-state index in [1.807, 2.05) is 12.3 Å². The quantitative estimate of drug-likeness (QED) is 0.881. The van der Waals surface area contributed by atoms with Crippen LogP contribution in [0, 0.1) is 5.92 Å². The summed E-state index contributed by atoms with van der Waals surface area (Å²) in [6, 6.07) is 4.51. The Morgan fingerprint density at radius 1 is 1.50 bits per heavy atom. The van der Waals surface area contributed by atoms with E-state index < -0.39 is 0 Å². The van der Waals surface area contributed by atoms with Crippen molar-refractivity contribution in [1.29, 1.82) is 0 Å². The standard InChI is InChI=1S/C14H23N3O/c1-11-5-6-17(13(7-11)8-15)10-12-3-4-14(18-2)16-9-12/h3-4,9,11,13H,5-8,10,15H2,1-2H3. The van der Waals surface area contributed by atoms with Crippen LogP contribution >= 0.6 is 0 Å². The first-order valence-corrected chi connectivity index (χ1v) is 6.66. The summed E-state index contributed by atoms with van der Waals surface area (Å²) in [6.07, 6.45) is 4.37. The summed E-state index contributed by atoms with van der Waals surface area (Å²) in [5.41, 5.74) is 7.10. The third-order valence-electron chi connectivity index (χ3n) is 3.76. The molecular weight excluding hydrogens is 226 g/mol. The van der Waals surface area contributed by atoms with E-state index in [1.165, 1.54) is 18.4 Å². The first kappa shape index (κ1) is 13.3. The molecule has 1 aliphatic heterocycles. The molecule has 100 valence electrons. The number of rotatable bonds is 4. The molecule has 2 atom stereocenters. The smallest absolute Gasteiger partial charge is 0.212 e. The Bertz CT molecular complexity index is 366. The number of hydrogen-bond acceptors (Lipinski definition) is 4. The van der Waals surface area contributed by atoms with Gasteiger partial charge in [-0.1, -0.05) is 13.0 Å². The minimum absolute atomic E-state index is 0.510. The Morgan fingerprint density at radius 3 is 2.94 bits per heavy atom. The second-order valence-electron chi connectivity index (χ2n) is 5.20. The van der Waals surface area contributed by atoms with E-state index in [0.717, 1.165) is 25.6 Å². The van der Waals surface area contributed by atoms with Crippen LogP contribution in [0.2, 0.25) is 0 Å². The van der Waals surface area contributed by atoms with Crippen LogP contribution in [0.25, 0.3) is 0 Å². The average Bonchev–Trinajstić information content (AvgIpc) is 2.41. The molecule has 2 unspecified atom stereocenters. The number of nitrogens with zero attached hydrogens (tertiary/aromatic N) is 2. The van der Waals surface area contributed by atoms with Gasteiger partial charge in [0.05, 0.1) is 7.11 Å². The van der Waals surface area contributed by atoms with Crippen molar-refractivity contribution in [1.82, 2.24) is 9.88 Å². The fourth-order valence-corrected chi connectivity index (χ4v) is 2.61. The third kappa shape index (κ3) is 3.21. The van der Waals surface area contributed by atoms with Crippen LogP contribution in [0.3, 0.4) is 0 Å². The molecule has 0 radical (unpaired) electrons. The summed E-state index contributed by atoms with van der Waals surface area (Å²) in [5.74, 6) is 1.46. The van der Waals surface area contributed by atoms with Crippen molar-refractivity contribution in [3.05, 3.63) is 23.9 Å². The molecule has 2 rings (SSSR count). The van der Waals surface area contributed by atoms with E-state index in [4.69, 9.17) is 10.5 Å². The molecule has 4 nitrogen and oxygen atoms in total. The maximum Gasteiger partial charge on any atom is 0.212 e. The molecule has 0 aromatic carbocycles. The zero-order valence-corrected chi connectivity index (χ0v) is 11.3. The van der Waals surface area contributed by atoms with Gasteiger partial charge in [0.15, 0.2) is 0 Å². The van der Waals surface area contributed by atoms with Gasteiger partial charge in [0.1, 0.15) is 0 Å². The van der Waals surface area contributed by atoms with Crippen LogP contribution in [0.1, 0.15) is 25.3 Å². The Morgan fingerprint density at radius 2 is 2.33 bits per heavy atom. The first-order chi connectivity index (χ1) is 8.72. The Labute approximate surface area is 109 Å². The third-order valence-corrected chi connectivity index (χ3v) is 3.76. The minimum Gasteiger partial charge on any atom is -0.481 e. The molecule has 0 bridgehead atoms. The van der Waals surface area contributed by atoms with Crippen LogP contribution < -0.4 is 10.5 Å². The molecule has 2 heterocycles. The van der Waals surface area contributed by atoms with Gasteiger partial charge in [0, 0.05) is 31.4 Å². The van der Waals surface area contributed by atoms with Crippen molar-refractivity contribution in [3.63, 3.8) is 0 Å². The predicted molar refractivity (Wildman–Crippen MR) is 72.4 cm³/mol. The maximum atomic E-state index is 5.88. The monoisotopic (exact) mass is 249 g/mol. The van der Waals surface area contributed by atoms with Gasteiger partial charge in [-0.05, 0) is 30.9 Å². The SMILES string of the molecule is COc1ccc(CN2CCC(C)CC2CN)cn1. The Balaban J connectivity index is 1.98. The van der Waals surface area contributed by atoms with Crippen molar-refractivity contribution >= 4 is 0 Å². The van der Waals surface area contributed by atoms with Gasteiger partial charge in [-0.3, -0.25) is 4.90 Å². The van der Waals surface area contributed by atoms with Crippen LogP contribution in [-0.4, -0.2) is 36.1 Å². The van der Waals surface area contributed by atoms with Crippen molar-refractivity contribution in [2.75, 3.05) is 20.2 Å². The summed E-state index contributed by atoms with van der Waals surface area (Å²) < 4.78 is 5.07.